The van der Waals surface area contributed by atoms with Crippen molar-refractivity contribution < 1.29 is 14.4 Å². The van der Waals surface area contributed by atoms with Gasteiger partial charge >= 0.3 is 0 Å². The molecular weight excluding hydrogens is 418 g/mol. The number of carbonyl (C=O) groups excluding carboxylic acids is 3. The summed E-state index contributed by atoms with van der Waals surface area (Å²) in [5.41, 5.74) is 4.11. The zero-order valence-electron chi connectivity index (χ0n) is 19.8. The second-order valence-corrected chi connectivity index (χ2v) is 9.11. The van der Waals surface area contributed by atoms with Crippen LogP contribution in [-0.4, -0.2) is 56.9 Å². The van der Waals surface area contributed by atoms with Crippen molar-refractivity contribution in [3.63, 3.8) is 0 Å². The number of hydrogen-bond acceptors (Lipinski definition) is 4. The summed E-state index contributed by atoms with van der Waals surface area (Å²) < 4.78 is 1.77. The van der Waals surface area contributed by atoms with Crippen LogP contribution < -0.4 is 5.32 Å². The molecule has 0 radical (unpaired) electrons. The van der Waals surface area contributed by atoms with Crippen molar-refractivity contribution >= 4 is 23.4 Å². The molecule has 1 atom stereocenters. The highest BCUT2D eigenvalue weighted by Gasteiger charge is 2.34. The van der Waals surface area contributed by atoms with E-state index in [9.17, 15) is 14.4 Å². The van der Waals surface area contributed by atoms with Gasteiger partial charge in [-0.15, -0.1) is 0 Å². The number of aryl methyl sites for hydroxylation is 2. The summed E-state index contributed by atoms with van der Waals surface area (Å²) in [5.74, 6) is -0.341. The van der Waals surface area contributed by atoms with Gasteiger partial charge in [-0.3, -0.25) is 19.1 Å². The maximum absolute atomic E-state index is 13.5. The topological polar surface area (TPSA) is 87.5 Å². The lowest BCUT2D eigenvalue weighted by Crippen LogP contribution is -2.44. The zero-order chi connectivity index (χ0) is 23.5. The number of aromatic nitrogens is 2. The molecule has 0 aliphatic carbocycles. The predicted molar refractivity (Wildman–Crippen MR) is 126 cm³/mol. The summed E-state index contributed by atoms with van der Waals surface area (Å²) in [6, 6.07) is 7.70. The van der Waals surface area contributed by atoms with Crippen LogP contribution in [0.3, 0.4) is 0 Å². The molecule has 0 spiro atoms. The van der Waals surface area contributed by atoms with E-state index in [0.29, 0.717) is 44.7 Å². The average Bonchev–Trinajstić information content (AvgIpc) is 3.16. The highest BCUT2D eigenvalue weighted by Crippen LogP contribution is 2.26. The van der Waals surface area contributed by atoms with Crippen LogP contribution in [0.4, 0.5) is 5.69 Å². The van der Waals surface area contributed by atoms with Crippen LogP contribution in [0.25, 0.3) is 0 Å². The number of likely N-dealkylation sites (tertiary alicyclic amines) is 1. The highest BCUT2D eigenvalue weighted by atomic mass is 16.2. The first kappa shape index (κ1) is 23.0. The molecule has 3 amide bonds. The first-order chi connectivity index (χ1) is 15.9. The van der Waals surface area contributed by atoms with Crippen LogP contribution in [0.15, 0.2) is 24.3 Å². The maximum atomic E-state index is 13.5. The lowest BCUT2D eigenvalue weighted by atomic mass is 9.96. The Labute approximate surface area is 194 Å². The number of nitrogens with one attached hydrogen (secondary N) is 1. The number of hydrogen-bond donors (Lipinski definition) is 1. The Kier molecular flexibility index (Phi) is 6.81. The molecule has 2 aliphatic heterocycles. The van der Waals surface area contributed by atoms with Gasteiger partial charge in [0.05, 0.1) is 5.92 Å². The van der Waals surface area contributed by atoms with Gasteiger partial charge in [0.15, 0.2) is 5.69 Å². The van der Waals surface area contributed by atoms with E-state index in [-0.39, 0.29) is 23.6 Å². The van der Waals surface area contributed by atoms with Gasteiger partial charge in [-0.25, -0.2) is 0 Å². The molecule has 33 heavy (non-hydrogen) atoms. The van der Waals surface area contributed by atoms with E-state index < -0.39 is 0 Å². The van der Waals surface area contributed by atoms with Crippen LogP contribution >= 0.6 is 0 Å². The first-order valence-electron chi connectivity index (χ1n) is 11.9. The van der Waals surface area contributed by atoms with E-state index in [4.69, 9.17) is 0 Å². The van der Waals surface area contributed by atoms with Crippen LogP contribution in [0.1, 0.15) is 59.9 Å². The molecule has 1 N–H and O–H groups in total. The van der Waals surface area contributed by atoms with E-state index >= 15 is 0 Å². The van der Waals surface area contributed by atoms with E-state index in [1.54, 1.807) is 9.58 Å². The summed E-state index contributed by atoms with van der Waals surface area (Å²) in [7, 11) is 1.85. The molecule has 2 aliphatic rings. The molecule has 0 saturated carbocycles. The second-order valence-electron chi connectivity index (χ2n) is 9.11. The van der Waals surface area contributed by atoms with E-state index in [1.165, 1.54) is 0 Å². The quantitative estimate of drug-likeness (QED) is 0.757. The fourth-order valence-corrected chi connectivity index (χ4v) is 4.82. The Bertz CT molecular complexity index is 1060. The van der Waals surface area contributed by atoms with Crippen molar-refractivity contribution in [2.75, 3.05) is 25.0 Å². The number of anilines is 1. The van der Waals surface area contributed by atoms with Gasteiger partial charge in [-0.2, -0.15) is 5.10 Å². The van der Waals surface area contributed by atoms with Gasteiger partial charge in [-0.05, 0) is 37.8 Å². The number of piperidine rings is 1. The van der Waals surface area contributed by atoms with Crippen LogP contribution in [0.2, 0.25) is 0 Å². The SMILES string of the molecule is CCCC(=O)N1CCc2c(c(C(=O)N3CCC[C@@H](C(=O)Nc4ccccc4C)C3)nn2C)C1. The number of para-hydroxylation sites is 1. The Morgan fingerprint density at radius 1 is 1.15 bits per heavy atom. The fraction of sp³-hybridized carbons (Fsp3) is 0.520. The molecule has 0 unspecified atom stereocenters. The summed E-state index contributed by atoms with van der Waals surface area (Å²) in [4.78, 5) is 42.4. The maximum Gasteiger partial charge on any atom is 0.274 e. The summed E-state index contributed by atoms with van der Waals surface area (Å²) >= 11 is 0. The van der Waals surface area contributed by atoms with Crippen molar-refractivity contribution in [2.24, 2.45) is 13.0 Å². The molecule has 3 heterocycles. The van der Waals surface area contributed by atoms with Crippen LogP contribution in [-0.2, 0) is 29.6 Å². The largest absolute Gasteiger partial charge is 0.338 e. The predicted octanol–water partition coefficient (Wildman–Crippen LogP) is 2.90. The van der Waals surface area contributed by atoms with E-state index in [2.05, 4.69) is 10.4 Å². The Morgan fingerprint density at radius 2 is 1.94 bits per heavy atom. The van der Waals surface area contributed by atoms with Crippen molar-refractivity contribution in [1.82, 2.24) is 19.6 Å². The van der Waals surface area contributed by atoms with E-state index in [1.807, 2.05) is 50.1 Å². The van der Waals surface area contributed by atoms with Crippen LogP contribution in [0.5, 0.6) is 0 Å². The van der Waals surface area contributed by atoms with Crippen molar-refractivity contribution in [2.45, 2.75) is 52.5 Å². The minimum absolute atomic E-state index is 0.0545. The normalized spacial score (nSPS) is 18.1. The average molecular weight is 452 g/mol. The minimum atomic E-state index is -0.260. The van der Waals surface area contributed by atoms with Gasteiger partial charge in [0.2, 0.25) is 11.8 Å². The number of benzene rings is 1. The molecular formula is C25H33N5O3. The van der Waals surface area contributed by atoms with Gasteiger partial charge in [0, 0.05) is 63.0 Å². The van der Waals surface area contributed by atoms with Crippen molar-refractivity contribution in [1.29, 1.82) is 0 Å². The van der Waals surface area contributed by atoms with Crippen molar-refractivity contribution in [3.05, 3.63) is 46.8 Å². The number of rotatable bonds is 5. The van der Waals surface area contributed by atoms with Crippen LogP contribution in [0, 0.1) is 12.8 Å². The highest BCUT2D eigenvalue weighted by molar-refractivity contribution is 5.96. The first-order valence-corrected chi connectivity index (χ1v) is 11.9. The molecule has 1 fully saturated rings. The standard InChI is InChI=1S/C25H33N5O3/c1-4-8-22(31)29-14-12-21-19(16-29)23(27-28(21)3)25(33)30-13-7-10-18(15-30)24(32)26-20-11-6-5-9-17(20)2/h5-6,9,11,18H,4,7-8,10,12-16H2,1-3H3,(H,26,32)/t18-/m1/s1. The molecule has 1 aromatic carbocycles. The third-order valence-electron chi connectivity index (χ3n) is 6.74. The Balaban J connectivity index is 1.48. The summed E-state index contributed by atoms with van der Waals surface area (Å²) in [6.45, 7) is 6.02. The lowest BCUT2D eigenvalue weighted by Gasteiger charge is -2.32. The monoisotopic (exact) mass is 451 g/mol. The molecule has 2 aromatic rings. The number of amides is 3. The fourth-order valence-electron chi connectivity index (χ4n) is 4.82. The smallest absolute Gasteiger partial charge is 0.274 e. The third-order valence-corrected chi connectivity index (χ3v) is 6.74. The number of carbonyl (C=O) groups is 3. The van der Waals surface area contributed by atoms with Gasteiger partial charge in [0.25, 0.3) is 5.91 Å². The Morgan fingerprint density at radius 3 is 2.70 bits per heavy atom. The van der Waals surface area contributed by atoms with Gasteiger partial charge in [0.1, 0.15) is 0 Å². The number of fused-ring (bicyclic) bond motifs is 1. The van der Waals surface area contributed by atoms with Gasteiger partial charge < -0.3 is 15.1 Å². The number of nitrogens with zero attached hydrogens (tertiary/aromatic N) is 4. The molecule has 4 rings (SSSR count). The van der Waals surface area contributed by atoms with Crippen molar-refractivity contribution in [3.8, 4) is 0 Å². The Hall–Kier alpha value is -3.16. The second kappa shape index (κ2) is 9.77. The molecule has 1 saturated heterocycles. The summed E-state index contributed by atoms with van der Waals surface area (Å²) in [5, 5.41) is 7.57. The van der Waals surface area contributed by atoms with Gasteiger partial charge in [-0.1, -0.05) is 25.1 Å². The zero-order valence-corrected chi connectivity index (χ0v) is 19.8. The lowest BCUT2D eigenvalue weighted by molar-refractivity contribution is -0.132. The van der Waals surface area contributed by atoms with E-state index in [0.717, 1.165) is 41.8 Å². The molecule has 0 bridgehead atoms. The molecule has 8 heteroatoms. The molecule has 8 nitrogen and oxygen atoms in total. The molecule has 1 aromatic heterocycles. The third kappa shape index (κ3) is 4.79. The minimum Gasteiger partial charge on any atom is -0.338 e. The summed E-state index contributed by atoms with van der Waals surface area (Å²) in [6.07, 6.45) is 3.54. The molecule has 176 valence electrons.